The molecule has 4 aromatic carbocycles. The third-order valence-corrected chi connectivity index (χ3v) is 9.07. The number of aromatic nitrogens is 2. The van der Waals surface area contributed by atoms with Crippen molar-refractivity contribution >= 4 is 26.6 Å². The number of rotatable bonds is 6. The zero-order chi connectivity index (χ0) is 26.8. The van der Waals surface area contributed by atoms with Crippen molar-refractivity contribution < 1.29 is 8.42 Å². The van der Waals surface area contributed by atoms with Gasteiger partial charge in [-0.2, -0.15) is 14.7 Å². The average Bonchev–Trinajstić information content (AvgIpc) is 3.31. The molecule has 1 aliphatic heterocycles. The van der Waals surface area contributed by atoms with Gasteiger partial charge >= 0.3 is 0 Å². The van der Waals surface area contributed by atoms with Gasteiger partial charge in [0.15, 0.2) is 0 Å². The van der Waals surface area contributed by atoms with E-state index in [1.54, 1.807) is 40.7 Å². The molecule has 0 amide bonds. The van der Waals surface area contributed by atoms with Crippen LogP contribution in [0.25, 0.3) is 10.9 Å². The van der Waals surface area contributed by atoms with E-state index in [4.69, 9.17) is 5.10 Å². The van der Waals surface area contributed by atoms with Gasteiger partial charge in [-0.05, 0) is 53.9 Å². The lowest BCUT2D eigenvalue weighted by Gasteiger charge is -2.32. The fourth-order valence-corrected chi connectivity index (χ4v) is 6.90. The highest BCUT2D eigenvalue weighted by atomic mass is 32.2. The Labute approximate surface area is 228 Å². The Hall–Kier alpha value is -4.45. The van der Waals surface area contributed by atoms with Crippen LogP contribution in [0.4, 0.5) is 5.69 Å². The van der Waals surface area contributed by atoms with Gasteiger partial charge in [0.2, 0.25) is 10.0 Å². The second-order valence-electron chi connectivity index (χ2n) is 9.75. The third kappa shape index (κ3) is 5.02. The molecular weight excluding hydrogens is 506 g/mol. The number of nitrogens with zero attached hydrogens (tertiary/aromatic N) is 5. The van der Waals surface area contributed by atoms with Crippen molar-refractivity contribution in [2.75, 3.05) is 11.4 Å². The minimum Gasteiger partial charge on any atom is -0.350 e. The van der Waals surface area contributed by atoms with Crippen LogP contribution >= 0.6 is 0 Å². The highest BCUT2D eigenvalue weighted by Crippen LogP contribution is 2.33. The summed E-state index contributed by atoms with van der Waals surface area (Å²) < 4.78 is 31.7. The molecule has 0 saturated heterocycles. The summed E-state index contributed by atoms with van der Waals surface area (Å²) in [5.74, 6) is 0. The van der Waals surface area contributed by atoms with E-state index in [0.29, 0.717) is 25.2 Å². The van der Waals surface area contributed by atoms with Crippen LogP contribution in [0.1, 0.15) is 16.7 Å². The summed E-state index contributed by atoms with van der Waals surface area (Å²) in [4.78, 5) is 2.43. The highest BCUT2D eigenvalue weighted by Gasteiger charge is 2.36. The normalized spacial score (nSPS) is 16.0. The van der Waals surface area contributed by atoms with Crippen LogP contribution in [0.15, 0.2) is 114 Å². The van der Waals surface area contributed by atoms with Crippen LogP contribution in [-0.2, 0) is 29.7 Å². The number of nitriles is 1. The predicted octanol–water partition coefficient (Wildman–Crippen LogP) is 5.19. The molecule has 0 aliphatic carbocycles. The number of anilines is 1. The largest absolute Gasteiger partial charge is 0.350 e. The molecule has 0 radical (unpaired) electrons. The molecule has 39 heavy (non-hydrogen) atoms. The molecule has 0 spiro atoms. The van der Waals surface area contributed by atoms with E-state index in [-0.39, 0.29) is 17.5 Å². The molecule has 2 heterocycles. The van der Waals surface area contributed by atoms with E-state index in [0.717, 1.165) is 27.7 Å². The van der Waals surface area contributed by atoms with Gasteiger partial charge in [-0.25, -0.2) is 8.42 Å². The van der Waals surface area contributed by atoms with Gasteiger partial charge in [0, 0.05) is 36.4 Å². The van der Waals surface area contributed by atoms with Crippen molar-refractivity contribution in [3.63, 3.8) is 0 Å². The first-order chi connectivity index (χ1) is 19.0. The van der Waals surface area contributed by atoms with Gasteiger partial charge in [-0.1, -0.05) is 66.7 Å². The lowest BCUT2D eigenvalue weighted by molar-refractivity contribution is 0.314. The summed E-state index contributed by atoms with van der Waals surface area (Å²) in [6.45, 7) is 1.06. The zero-order valence-corrected chi connectivity index (χ0v) is 22.1. The van der Waals surface area contributed by atoms with Gasteiger partial charge in [0.1, 0.15) is 6.67 Å². The van der Waals surface area contributed by atoms with E-state index in [1.165, 1.54) is 0 Å². The molecule has 0 saturated carbocycles. The van der Waals surface area contributed by atoms with E-state index >= 15 is 0 Å². The van der Waals surface area contributed by atoms with Crippen molar-refractivity contribution in [2.24, 2.45) is 0 Å². The molecule has 194 valence electrons. The van der Waals surface area contributed by atoms with Gasteiger partial charge in [-0.15, -0.1) is 0 Å². The SMILES string of the molecule is N#Cc1ccc2c(c1)CN(S(=O)(=O)c1ccccc1)[C@H](Cc1ccccc1)CN2Cn1cc2ccccc2n1. The Morgan fingerprint density at radius 2 is 1.62 bits per heavy atom. The molecule has 0 fully saturated rings. The van der Waals surface area contributed by atoms with Crippen LogP contribution in [0.2, 0.25) is 0 Å². The molecular formula is C31H27N5O2S. The topological polar surface area (TPSA) is 82.2 Å². The van der Waals surface area contributed by atoms with E-state index < -0.39 is 10.0 Å². The standard InChI is InChI=1S/C31H27N5O2S/c32-19-25-15-16-31-27(17-25)21-36(39(37,38)29-12-5-2-6-13-29)28(18-24-9-3-1-4-10-24)22-34(31)23-35-20-26-11-7-8-14-30(26)33-35/h1-17,20,28H,18,21-23H2/t28-/m1/s1. The fraction of sp³-hybridized carbons (Fsp3) is 0.161. The molecule has 1 atom stereocenters. The minimum absolute atomic E-state index is 0.164. The Kier molecular flexibility index (Phi) is 6.61. The number of hydrogen-bond acceptors (Lipinski definition) is 5. The molecule has 1 aromatic heterocycles. The van der Waals surface area contributed by atoms with Gasteiger partial charge in [0.25, 0.3) is 0 Å². The van der Waals surface area contributed by atoms with Crippen molar-refractivity contribution in [1.82, 2.24) is 14.1 Å². The second-order valence-corrected chi connectivity index (χ2v) is 11.6. The van der Waals surface area contributed by atoms with Gasteiger partial charge < -0.3 is 4.90 Å². The summed E-state index contributed by atoms with van der Waals surface area (Å²) in [5, 5.41) is 15.4. The van der Waals surface area contributed by atoms with Crippen LogP contribution in [-0.4, -0.2) is 35.1 Å². The zero-order valence-electron chi connectivity index (χ0n) is 21.3. The number of benzene rings is 4. The van der Waals surface area contributed by atoms with E-state index in [1.807, 2.05) is 77.6 Å². The summed E-state index contributed by atoms with van der Waals surface area (Å²) in [6.07, 6.45) is 2.55. The van der Waals surface area contributed by atoms with E-state index in [9.17, 15) is 13.7 Å². The Morgan fingerprint density at radius 1 is 0.897 bits per heavy atom. The molecule has 1 aliphatic rings. The summed E-state index contributed by atoms with van der Waals surface area (Å²) in [6, 6.07) is 33.9. The minimum atomic E-state index is -3.83. The lowest BCUT2D eigenvalue weighted by atomic mass is 10.1. The second kappa shape index (κ2) is 10.4. The van der Waals surface area contributed by atoms with E-state index in [2.05, 4.69) is 11.0 Å². The summed E-state index contributed by atoms with van der Waals surface area (Å²) >= 11 is 0. The van der Waals surface area contributed by atoms with Gasteiger partial charge in [-0.3, -0.25) is 4.68 Å². The lowest BCUT2D eigenvalue weighted by Crippen LogP contribution is -2.46. The van der Waals surface area contributed by atoms with Crippen LogP contribution in [0, 0.1) is 11.3 Å². The molecule has 5 aromatic rings. The van der Waals surface area contributed by atoms with Crippen LogP contribution in [0.5, 0.6) is 0 Å². The fourth-order valence-electron chi connectivity index (χ4n) is 5.29. The Bertz CT molecular complexity index is 1730. The molecule has 8 heteroatoms. The maximum Gasteiger partial charge on any atom is 0.243 e. The molecule has 0 N–H and O–H groups in total. The average molecular weight is 534 g/mol. The molecule has 7 nitrogen and oxygen atoms in total. The smallest absolute Gasteiger partial charge is 0.243 e. The first kappa shape index (κ1) is 24.9. The van der Waals surface area contributed by atoms with Crippen molar-refractivity contribution in [1.29, 1.82) is 5.26 Å². The predicted molar refractivity (Wildman–Crippen MR) is 151 cm³/mol. The molecule has 6 rings (SSSR count). The van der Waals surface area contributed by atoms with Gasteiger partial charge in [0.05, 0.1) is 22.0 Å². The van der Waals surface area contributed by atoms with Crippen molar-refractivity contribution in [2.45, 2.75) is 30.6 Å². The number of hydrogen-bond donors (Lipinski definition) is 0. The molecule has 0 bridgehead atoms. The monoisotopic (exact) mass is 533 g/mol. The first-order valence-corrected chi connectivity index (χ1v) is 14.3. The Morgan fingerprint density at radius 3 is 2.36 bits per heavy atom. The summed E-state index contributed by atoms with van der Waals surface area (Å²) in [7, 11) is -3.83. The number of fused-ring (bicyclic) bond motifs is 2. The number of sulfonamides is 1. The molecule has 0 unspecified atom stereocenters. The Balaban J connectivity index is 1.46. The first-order valence-electron chi connectivity index (χ1n) is 12.8. The third-order valence-electron chi connectivity index (χ3n) is 7.15. The summed E-state index contributed by atoms with van der Waals surface area (Å²) in [5.41, 5.74) is 4.15. The highest BCUT2D eigenvalue weighted by molar-refractivity contribution is 7.89. The van der Waals surface area contributed by atoms with Crippen molar-refractivity contribution in [3.05, 3.63) is 126 Å². The van der Waals surface area contributed by atoms with Crippen LogP contribution < -0.4 is 4.90 Å². The van der Waals surface area contributed by atoms with Crippen LogP contribution in [0.3, 0.4) is 0 Å². The maximum atomic E-state index is 14.1. The maximum absolute atomic E-state index is 14.1. The van der Waals surface area contributed by atoms with Crippen molar-refractivity contribution in [3.8, 4) is 6.07 Å². The quantitative estimate of drug-likeness (QED) is 0.300.